The minimum absolute atomic E-state index is 0.133. The molecule has 1 heterocycles. The van der Waals surface area contributed by atoms with Crippen LogP contribution in [0, 0.1) is 5.92 Å². The topological polar surface area (TPSA) is 71.5 Å². The van der Waals surface area contributed by atoms with Gasteiger partial charge in [0.25, 0.3) is 0 Å². The fourth-order valence-electron chi connectivity index (χ4n) is 2.79. The number of carbonyl (C=O) groups excluding carboxylic acids is 2. The summed E-state index contributed by atoms with van der Waals surface area (Å²) in [6, 6.07) is 6.64. The summed E-state index contributed by atoms with van der Waals surface area (Å²) in [7, 11) is -3.56. The average Bonchev–Trinajstić information content (AvgIpc) is 2.99. The minimum Gasteiger partial charge on any atom is -0.299 e. The van der Waals surface area contributed by atoms with Gasteiger partial charge in [0.15, 0.2) is 0 Å². The lowest BCUT2D eigenvalue weighted by Gasteiger charge is -2.19. The molecule has 1 fully saturated rings. The van der Waals surface area contributed by atoms with Crippen molar-refractivity contribution in [2.24, 2.45) is 5.92 Å². The van der Waals surface area contributed by atoms with Crippen molar-refractivity contribution >= 4 is 21.6 Å². The second-order valence-corrected chi connectivity index (χ2v) is 7.60. The molecule has 5 nitrogen and oxygen atoms in total. The predicted octanol–water partition coefficient (Wildman–Crippen LogP) is 1.81. The van der Waals surface area contributed by atoms with Crippen molar-refractivity contribution in [3.05, 3.63) is 29.8 Å². The summed E-state index contributed by atoms with van der Waals surface area (Å²) in [5.41, 5.74) is 0.532. The fourth-order valence-corrected chi connectivity index (χ4v) is 4.54. The van der Waals surface area contributed by atoms with E-state index in [2.05, 4.69) is 0 Å². The molecule has 0 N–H and O–H groups in total. The van der Waals surface area contributed by atoms with Gasteiger partial charge < -0.3 is 0 Å². The van der Waals surface area contributed by atoms with Crippen LogP contribution in [0.15, 0.2) is 29.2 Å². The SMILES string of the molecule is CC(=O)C(Cc1ccccc1S(=O)(=O)N1CCCC1)C(C)=O. The van der Waals surface area contributed by atoms with Crippen molar-refractivity contribution in [3.8, 4) is 0 Å². The largest absolute Gasteiger partial charge is 0.299 e. The van der Waals surface area contributed by atoms with E-state index >= 15 is 0 Å². The molecule has 1 aromatic rings. The van der Waals surface area contributed by atoms with Crippen LogP contribution in [0.2, 0.25) is 0 Å². The molecule has 1 aromatic carbocycles. The Kier molecular flexibility index (Phi) is 5.13. The molecule has 0 bridgehead atoms. The molecule has 120 valence electrons. The first-order valence-electron chi connectivity index (χ1n) is 7.43. The number of nitrogens with zero attached hydrogens (tertiary/aromatic N) is 1. The maximum absolute atomic E-state index is 12.7. The van der Waals surface area contributed by atoms with Crippen LogP contribution in [0.25, 0.3) is 0 Å². The van der Waals surface area contributed by atoms with Crippen LogP contribution >= 0.6 is 0 Å². The van der Waals surface area contributed by atoms with Crippen LogP contribution in [0.3, 0.4) is 0 Å². The van der Waals surface area contributed by atoms with E-state index in [0.717, 1.165) is 12.8 Å². The van der Waals surface area contributed by atoms with E-state index in [9.17, 15) is 18.0 Å². The highest BCUT2D eigenvalue weighted by Crippen LogP contribution is 2.25. The van der Waals surface area contributed by atoms with Gasteiger partial charge in [-0.1, -0.05) is 18.2 Å². The Hall–Kier alpha value is -1.53. The van der Waals surface area contributed by atoms with Crippen molar-refractivity contribution in [2.45, 2.75) is 38.0 Å². The number of hydrogen-bond acceptors (Lipinski definition) is 4. The summed E-state index contributed by atoms with van der Waals surface area (Å²) >= 11 is 0. The number of benzene rings is 1. The van der Waals surface area contributed by atoms with Gasteiger partial charge in [0.1, 0.15) is 11.6 Å². The number of carbonyl (C=O) groups is 2. The Labute approximate surface area is 131 Å². The molecule has 0 unspecified atom stereocenters. The summed E-state index contributed by atoms with van der Waals surface area (Å²) in [6.45, 7) is 3.78. The van der Waals surface area contributed by atoms with E-state index in [4.69, 9.17) is 0 Å². The lowest BCUT2D eigenvalue weighted by molar-refractivity contribution is -0.130. The Balaban J connectivity index is 2.38. The minimum atomic E-state index is -3.56. The van der Waals surface area contributed by atoms with Gasteiger partial charge in [0.05, 0.1) is 10.8 Å². The Morgan fingerprint density at radius 2 is 1.64 bits per heavy atom. The summed E-state index contributed by atoms with van der Waals surface area (Å²) in [6.07, 6.45) is 1.86. The zero-order valence-electron chi connectivity index (χ0n) is 12.9. The van der Waals surface area contributed by atoms with Gasteiger partial charge in [-0.25, -0.2) is 8.42 Å². The number of ketones is 2. The Bertz CT molecular complexity index is 661. The number of hydrogen-bond donors (Lipinski definition) is 0. The zero-order valence-corrected chi connectivity index (χ0v) is 13.7. The van der Waals surface area contributed by atoms with Crippen LogP contribution in [0.1, 0.15) is 32.3 Å². The molecule has 0 spiro atoms. The van der Waals surface area contributed by atoms with Gasteiger partial charge >= 0.3 is 0 Å². The predicted molar refractivity (Wildman–Crippen MR) is 83.0 cm³/mol. The van der Waals surface area contributed by atoms with Gasteiger partial charge in [0, 0.05) is 13.1 Å². The van der Waals surface area contributed by atoms with Crippen LogP contribution in [0.4, 0.5) is 0 Å². The van der Waals surface area contributed by atoms with Crippen molar-refractivity contribution < 1.29 is 18.0 Å². The van der Waals surface area contributed by atoms with Crippen LogP contribution < -0.4 is 0 Å². The molecule has 0 aliphatic carbocycles. The van der Waals surface area contributed by atoms with Gasteiger partial charge in [-0.15, -0.1) is 0 Å². The molecule has 1 aliphatic rings. The lowest BCUT2D eigenvalue weighted by atomic mass is 9.93. The van der Waals surface area contributed by atoms with Crippen LogP contribution in [-0.4, -0.2) is 37.4 Å². The molecule has 6 heteroatoms. The first kappa shape index (κ1) is 16.8. The van der Waals surface area contributed by atoms with Gasteiger partial charge in [-0.3, -0.25) is 9.59 Å². The number of sulfonamides is 1. The standard InChI is InChI=1S/C16H21NO4S/c1-12(18)15(13(2)19)11-14-7-3-4-8-16(14)22(20,21)17-9-5-6-10-17/h3-4,7-8,15H,5-6,9-11H2,1-2H3. The molecule has 0 saturated carbocycles. The molecule has 0 atom stereocenters. The first-order valence-corrected chi connectivity index (χ1v) is 8.87. The third-order valence-electron chi connectivity index (χ3n) is 4.06. The third kappa shape index (κ3) is 3.44. The Morgan fingerprint density at radius 3 is 2.18 bits per heavy atom. The highest BCUT2D eigenvalue weighted by atomic mass is 32.2. The molecule has 1 saturated heterocycles. The van der Waals surface area contributed by atoms with Crippen molar-refractivity contribution in [1.29, 1.82) is 0 Å². The summed E-state index contributed by atoms with van der Waals surface area (Å²) in [4.78, 5) is 23.5. The van der Waals surface area contributed by atoms with Gasteiger partial charge in [0.2, 0.25) is 10.0 Å². The van der Waals surface area contributed by atoms with Crippen LogP contribution in [-0.2, 0) is 26.0 Å². The monoisotopic (exact) mass is 323 g/mol. The smallest absolute Gasteiger partial charge is 0.243 e. The van der Waals surface area contributed by atoms with Gasteiger partial charge in [-0.2, -0.15) is 4.31 Å². The number of Topliss-reactive ketones (excluding diaryl/α,β-unsaturated/α-hetero) is 2. The normalized spacial score (nSPS) is 16.1. The highest BCUT2D eigenvalue weighted by molar-refractivity contribution is 7.89. The molecule has 1 aliphatic heterocycles. The highest BCUT2D eigenvalue weighted by Gasteiger charge is 2.30. The molecule has 2 rings (SSSR count). The third-order valence-corrected chi connectivity index (χ3v) is 6.06. The maximum atomic E-state index is 12.7. The van der Waals surface area contributed by atoms with Crippen molar-refractivity contribution in [3.63, 3.8) is 0 Å². The summed E-state index contributed by atoms with van der Waals surface area (Å²) in [5, 5.41) is 0. The van der Waals surface area contributed by atoms with E-state index < -0.39 is 15.9 Å². The zero-order chi connectivity index (χ0) is 16.3. The fraction of sp³-hybridized carbons (Fsp3) is 0.500. The Morgan fingerprint density at radius 1 is 1.09 bits per heavy atom. The second-order valence-electron chi connectivity index (χ2n) is 5.70. The van der Waals surface area contributed by atoms with E-state index in [1.54, 1.807) is 24.3 Å². The summed E-state index contributed by atoms with van der Waals surface area (Å²) < 4.78 is 26.9. The van der Waals surface area contributed by atoms with E-state index in [1.165, 1.54) is 18.2 Å². The molecule has 0 aromatic heterocycles. The molecular formula is C16H21NO4S. The lowest BCUT2D eigenvalue weighted by Crippen LogP contribution is -2.29. The van der Waals surface area contributed by atoms with E-state index in [-0.39, 0.29) is 22.9 Å². The molecule has 0 radical (unpaired) electrons. The quantitative estimate of drug-likeness (QED) is 0.749. The molecular weight excluding hydrogens is 302 g/mol. The van der Waals surface area contributed by atoms with Crippen molar-refractivity contribution in [1.82, 2.24) is 4.31 Å². The first-order chi connectivity index (χ1) is 10.3. The number of rotatable bonds is 6. The second kappa shape index (κ2) is 6.71. The van der Waals surface area contributed by atoms with E-state index in [0.29, 0.717) is 18.7 Å². The maximum Gasteiger partial charge on any atom is 0.243 e. The van der Waals surface area contributed by atoms with Gasteiger partial charge in [-0.05, 0) is 44.7 Å². The molecule has 0 amide bonds. The van der Waals surface area contributed by atoms with Crippen molar-refractivity contribution in [2.75, 3.05) is 13.1 Å². The summed E-state index contributed by atoms with van der Waals surface area (Å²) in [5.74, 6) is -1.25. The molecule has 22 heavy (non-hydrogen) atoms. The van der Waals surface area contributed by atoms with Crippen LogP contribution in [0.5, 0.6) is 0 Å². The average molecular weight is 323 g/mol. The van der Waals surface area contributed by atoms with E-state index in [1.807, 2.05) is 0 Å².